The number of amides is 1. The van der Waals surface area contributed by atoms with Crippen LogP contribution in [0.25, 0.3) is 10.2 Å². The Morgan fingerprint density at radius 2 is 2.14 bits per heavy atom. The number of carbonyl (C=O) groups is 1. The average molecular weight is 429 g/mol. The van der Waals surface area contributed by atoms with Gasteiger partial charge in [-0.3, -0.25) is 4.79 Å². The zero-order valence-electron chi connectivity index (χ0n) is 11.0. The maximum Gasteiger partial charge on any atom is 0.256 e. The smallest absolute Gasteiger partial charge is 0.256 e. The highest BCUT2D eigenvalue weighted by Gasteiger charge is 2.15. The van der Waals surface area contributed by atoms with Gasteiger partial charge in [-0.1, -0.05) is 23.7 Å². The van der Waals surface area contributed by atoms with Crippen LogP contribution < -0.4 is 5.32 Å². The highest BCUT2D eigenvalue weighted by Crippen LogP contribution is 2.32. The lowest BCUT2D eigenvalue weighted by Crippen LogP contribution is -2.14. The van der Waals surface area contributed by atoms with E-state index in [4.69, 9.17) is 11.6 Å². The van der Waals surface area contributed by atoms with E-state index in [0.717, 1.165) is 19.4 Å². The number of nitrogens with zero attached hydrogens (tertiary/aromatic N) is 1. The van der Waals surface area contributed by atoms with E-state index >= 15 is 0 Å². The standard InChI is InChI=1S/C15H10ClIN2OS/c1-8-3-2-4-9(12(8)17)15(20)19-13-10(16)5-6-11-14(13)18-7-21-11/h2-7H,1H3,(H,19,20). The fourth-order valence-electron chi connectivity index (χ4n) is 2.03. The van der Waals surface area contributed by atoms with Crippen LogP contribution in [0.15, 0.2) is 35.8 Å². The van der Waals surface area contributed by atoms with Gasteiger partial charge < -0.3 is 5.32 Å². The zero-order chi connectivity index (χ0) is 15.0. The third-order valence-electron chi connectivity index (χ3n) is 3.13. The van der Waals surface area contributed by atoms with Crippen LogP contribution in [-0.4, -0.2) is 10.9 Å². The summed E-state index contributed by atoms with van der Waals surface area (Å²) in [4.78, 5) is 16.8. The van der Waals surface area contributed by atoms with Crippen LogP contribution in [0, 0.1) is 10.5 Å². The second-order valence-electron chi connectivity index (χ2n) is 4.51. The number of hydrogen-bond acceptors (Lipinski definition) is 3. The Morgan fingerprint density at radius 3 is 2.95 bits per heavy atom. The maximum atomic E-state index is 12.5. The summed E-state index contributed by atoms with van der Waals surface area (Å²) in [5, 5.41) is 3.38. The number of fused-ring (bicyclic) bond motifs is 1. The Balaban J connectivity index is 2.02. The van der Waals surface area contributed by atoms with Crippen molar-refractivity contribution in [1.82, 2.24) is 4.98 Å². The molecule has 0 atom stereocenters. The van der Waals surface area contributed by atoms with Gasteiger partial charge in [-0.05, 0) is 53.3 Å². The molecule has 0 fully saturated rings. The van der Waals surface area contributed by atoms with E-state index in [9.17, 15) is 4.79 Å². The van der Waals surface area contributed by atoms with Gasteiger partial charge in [-0.25, -0.2) is 4.98 Å². The molecule has 1 heterocycles. The number of aromatic nitrogens is 1. The topological polar surface area (TPSA) is 42.0 Å². The number of halogens is 2. The third-order valence-corrected chi connectivity index (χ3v) is 5.67. The van der Waals surface area contributed by atoms with E-state index in [1.54, 1.807) is 17.6 Å². The predicted molar refractivity (Wildman–Crippen MR) is 96.5 cm³/mol. The quantitative estimate of drug-likeness (QED) is 0.576. The van der Waals surface area contributed by atoms with Gasteiger partial charge in [-0.15, -0.1) is 11.3 Å². The van der Waals surface area contributed by atoms with Gasteiger partial charge in [-0.2, -0.15) is 0 Å². The Morgan fingerprint density at radius 1 is 1.33 bits per heavy atom. The first-order valence-electron chi connectivity index (χ1n) is 6.16. The highest BCUT2D eigenvalue weighted by molar-refractivity contribution is 14.1. The molecule has 3 nitrogen and oxygen atoms in total. The van der Waals surface area contributed by atoms with E-state index in [0.29, 0.717) is 16.3 Å². The molecule has 0 aliphatic carbocycles. The molecule has 0 saturated heterocycles. The van der Waals surface area contributed by atoms with E-state index in [-0.39, 0.29) is 5.91 Å². The molecule has 0 aliphatic heterocycles. The molecule has 1 amide bonds. The lowest BCUT2D eigenvalue weighted by molar-refractivity contribution is 0.102. The van der Waals surface area contributed by atoms with Crippen molar-refractivity contribution in [3.8, 4) is 0 Å². The molecular weight excluding hydrogens is 419 g/mol. The molecule has 0 aliphatic rings. The van der Waals surface area contributed by atoms with Crippen molar-refractivity contribution in [3.05, 3.63) is 55.6 Å². The second kappa shape index (κ2) is 5.90. The van der Waals surface area contributed by atoms with Crippen LogP contribution in [0.4, 0.5) is 5.69 Å². The molecule has 106 valence electrons. The summed E-state index contributed by atoms with van der Waals surface area (Å²) in [5.74, 6) is -0.175. The van der Waals surface area contributed by atoms with Crippen LogP contribution in [0.2, 0.25) is 5.02 Å². The summed E-state index contributed by atoms with van der Waals surface area (Å²) in [5.41, 5.74) is 4.74. The molecule has 0 spiro atoms. The second-order valence-corrected chi connectivity index (χ2v) is 6.88. The Kier molecular flexibility index (Phi) is 4.14. The molecule has 0 saturated carbocycles. The van der Waals surface area contributed by atoms with Gasteiger partial charge in [0.15, 0.2) is 0 Å². The lowest BCUT2D eigenvalue weighted by atomic mass is 10.1. The molecule has 6 heteroatoms. The van der Waals surface area contributed by atoms with Gasteiger partial charge >= 0.3 is 0 Å². The molecule has 0 radical (unpaired) electrons. The number of thiazole rings is 1. The molecule has 1 aromatic heterocycles. The van der Waals surface area contributed by atoms with E-state index < -0.39 is 0 Å². The van der Waals surface area contributed by atoms with E-state index in [2.05, 4.69) is 32.9 Å². The fraction of sp³-hybridized carbons (Fsp3) is 0.0667. The first kappa shape index (κ1) is 14.7. The summed E-state index contributed by atoms with van der Waals surface area (Å²) >= 11 is 9.91. The Bertz CT molecular complexity index is 847. The summed E-state index contributed by atoms with van der Waals surface area (Å²) in [6, 6.07) is 9.34. The van der Waals surface area contributed by atoms with E-state index in [1.165, 1.54) is 11.3 Å². The SMILES string of the molecule is Cc1cccc(C(=O)Nc2c(Cl)ccc3scnc23)c1I. The largest absolute Gasteiger partial charge is 0.319 e. The first-order valence-corrected chi connectivity index (χ1v) is 8.49. The number of hydrogen-bond donors (Lipinski definition) is 1. The summed E-state index contributed by atoms with van der Waals surface area (Å²) in [6.45, 7) is 1.98. The van der Waals surface area contributed by atoms with Crippen molar-refractivity contribution >= 4 is 67.3 Å². The van der Waals surface area contributed by atoms with Gasteiger partial charge in [0.25, 0.3) is 5.91 Å². The molecular formula is C15H10ClIN2OS. The Labute approximate surface area is 144 Å². The van der Waals surface area contributed by atoms with Crippen molar-refractivity contribution in [1.29, 1.82) is 0 Å². The molecule has 0 unspecified atom stereocenters. The maximum absolute atomic E-state index is 12.5. The Hall–Kier alpha value is -1.18. The number of anilines is 1. The van der Waals surface area contributed by atoms with E-state index in [1.807, 2.05) is 25.1 Å². The van der Waals surface area contributed by atoms with Gasteiger partial charge in [0, 0.05) is 3.57 Å². The normalized spacial score (nSPS) is 10.8. The van der Waals surface area contributed by atoms with Crippen LogP contribution in [0.1, 0.15) is 15.9 Å². The number of nitrogens with one attached hydrogen (secondary N) is 1. The predicted octanol–water partition coefficient (Wildman–Crippen LogP) is 5.12. The molecule has 1 N–H and O–H groups in total. The van der Waals surface area contributed by atoms with Crippen LogP contribution in [0.3, 0.4) is 0 Å². The fourth-order valence-corrected chi connectivity index (χ4v) is 3.52. The molecule has 2 aromatic carbocycles. The third kappa shape index (κ3) is 2.77. The van der Waals surface area contributed by atoms with Crippen LogP contribution >= 0.6 is 45.5 Å². The van der Waals surface area contributed by atoms with Crippen molar-refractivity contribution in [2.45, 2.75) is 6.92 Å². The van der Waals surface area contributed by atoms with Crippen molar-refractivity contribution in [2.24, 2.45) is 0 Å². The molecule has 21 heavy (non-hydrogen) atoms. The average Bonchev–Trinajstić information content (AvgIpc) is 2.93. The van der Waals surface area contributed by atoms with Crippen molar-refractivity contribution in [2.75, 3.05) is 5.32 Å². The summed E-state index contributed by atoms with van der Waals surface area (Å²) in [7, 11) is 0. The minimum absolute atomic E-state index is 0.175. The molecule has 3 aromatic rings. The molecule has 0 bridgehead atoms. The lowest BCUT2D eigenvalue weighted by Gasteiger charge is -2.10. The monoisotopic (exact) mass is 428 g/mol. The summed E-state index contributed by atoms with van der Waals surface area (Å²) in [6.07, 6.45) is 0. The van der Waals surface area contributed by atoms with Gasteiger partial charge in [0.1, 0.15) is 5.52 Å². The number of aryl methyl sites for hydroxylation is 1. The van der Waals surface area contributed by atoms with Gasteiger partial charge in [0.05, 0.1) is 26.5 Å². The first-order chi connectivity index (χ1) is 10.1. The molecule has 3 rings (SSSR count). The highest BCUT2D eigenvalue weighted by atomic mass is 127. The number of benzene rings is 2. The van der Waals surface area contributed by atoms with Gasteiger partial charge in [0.2, 0.25) is 0 Å². The van der Waals surface area contributed by atoms with Crippen molar-refractivity contribution in [3.63, 3.8) is 0 Å². The minimum Gasteiger partial charge on any atom is -0.319 e. The van der Waals surface area contributed by atoms with Crippen LogP contribution in [-0.2, 0) is 0 Å². The zero-order valence-corrected chi connectivity index (χ0v) is 14.7. The van der Waals surface area contributed by atoms with Crippen LogP contribution in [0.5, 0.6) is 0 Å². The van der Waals surface area contributed by atoms with Crippen molar-refractivity contribution < 1.29 is 4.79 Å². The summed E-state index contributed by atoms with van der Waals surface area (Å²) < 4.78 is 1.93. The minimum atomic E-state index is -0.175. The number of rotatable bonds is 2. The number of carbonyl (C=O) groups excluding carboxylic acids is 1.